The third-order valence-corrected chi connectivity index (χ3v) is 3.56. The largest absolute Gasteiger partial charge is 0.361 e. The first-order chi connectivity index (χ1) is 9.16. The van der Waals surface area contributed by atoms with Crippen LogP contribution in [0.25, 0.3) is 10.9 Å². The molecule has 5 heteroatoms. The Morgan fingerprint density at radius 1 is 1.37 bits per heavy atom. The number of aromatic nitrogens is 1. The highest BCUT2D eigenvalue weighted by molar-refractivity contribution is 6.00. The Hall–Kier alpha value is -2.30. The molecule has 0 aliphatic carbocycles. The van der Waals surface area contributed by atoms with Crippen molar-refractivity contribution in [2.75, 3.05) is 13.1 Å². The van der Waals surface area contributed by atoms with Gasteiger partial charge in [-0.2, -0.15) is 0 Å². The van der Waals surface area contributed by atoms with Crippen LogP contribution in [0.5, 0.6) is 0 Å². The lowest BCUT2D eigenvalue weighted by Crippen LogP contribution is -2.55. The van der Waals surface area contributed by atoms with E-state index in [4.69, 9.17) is 0 Å². The molecule has 1 atom stereocenters. The van der Waals surface area contributed by atoms with Crippen LogP contribution in [0.3, 0.4) is 0 Å². The van der Waals surface area contributed by atoms with Crippen LogP contribution in [0.15, 0.2) is 30.5 Å². The van der Waals surface area contributed by atoms with Gasteiger partial charge >= 0.3 is 0 Å². The van der Waals surface area contributed by atoms with Crippen LogP contribution in [0, 0.1) is 0 Å². The summed E-state index contributed by atoms with van der Waals surface area (Å²) in [4.78, 5) is 28.8. The number of carbonyl (C=O) groups is 2. The second kappa shape index (κ2) is 4.42. The van der Waals surface area contributed by atoms with E-state index in [9.17, 15) is 9.59 Å². The van der Waals surface area contributed by atoms with E-state index in [1.165, 1.54) is 0 Å². The number of hydrogen-bond acceptors (Lipinski definition) is 2. The summed E-state index contributed by atoms with van der Waals surface area (Å²) in [6, 6.07) is 7.05. The molecule has 2 N–H and O–H groups in total. The van der Waals surface area contributed by atoms with Gasteiger partial charge in [0.1, 0.15) is 6.04 Å². The van der Waals surface area contributed by atoms with Gasteiger partial charge in [0.05, 0.1) is 0 Å². The standard InChI is InChI=1S/C14H15N3O2/c1-9-13(18)16-6-7-17(9)14(19)11-2-3-12-10(8-11)4-5-15-12/h2-5,8-9,15H,6-7H2,1H3,(H,16,18). The van der Waals surface area contributed by atoms with E-state index in [1.54, 1.807) is 17.9 Å². The third-order valence-electron chi connectivity index (χ3n) is 3.56. The predicted octanol–water partition coefficient (Wildman–Crippen LogP) is 1.13. The van der Waals surface area contributed by atoms with Gasteiger partial charge in [-0.3, -0.25) is 9.59 Å². The Labute approximate surface area is 110 Å². The van der Waals surface area contributed by atoms with Gasteiger partial charge in [-0.05, 0) is 31.2 Å². The van der Waals surface area contributed by atoms with Crippen molar-refractivity contribution in [3.8, 4) is 0 Å². The zero-order chi connectivity index (χ0) is 13.4. The molecular formula is C14H15N3O2. The maximum atomic E-state index is 12.5. The second-order valence-electron chi connectivity index (χ2n) is 4.75. The highest BCUT2D eigenvalue weighted by Crippen LogP contribution is 2.17. The molecule has 1 aliphatic heterocycles. The summed E-state index contributed by atoms with van der Waals surface area (Å²) in [5, 5.41) is 3.76. The molecule has 2 heterocycles. The summed E-state index contributed by atoms with van der Waals surface area (Å²) < 4.78 is 0. The number of amides is 2. The molecule has 1 aliphatic rings. The topological polar surface area (TPSA) is 65.2 Å². The van der Waals surface area contributed by atoms with E-state index in [-0.39, 0.29) is 11.8 Å². The lowest BCUT2D eigenvalue weighted by atomic mass is 10.1. The predicted molar refractivity (Wildman–Crippen MR) is 71.8 cm³/mol. The molecule has 1 fully saturated rings. The quantitative estimate of drug-likeness (QED) is 0.804. The first kappa shape index (κ1) is 11.8. The van der Waals surface area contributed by atoms with Gasteiger partial charge in [0.15, 0.2) is 0 Å². The minimum atomic E-state index is -0.414. The maximum absolute atomic E-state index is 12.5. The van der Waals surface area contributed by atoms with Crippen molar-refractivity contribution in [1.82, 2.24) is 15.2 Å². The molecule has 1 unspecified atom stereocenters. The van der Waals surface area contributed by atoms with Gasteiger partial charge in [0.25, 0.3) is 5.91 Å². The van der Waals surface area contributed by atoms with Gasteiger partial charge in [-0.15, -0.1) is 0 Å². The molecule has 1 aromatic carbocycles. The zero-order valence-electron chi connectivity index (χ0n) is 10.6. The summed E-state index contributed by atoms with van der Waals surface area (Å²) in [6.07, 6.45) is 1.84. The van der Waals surface area contributed by atoms with Crippen molar-refractivity contribution < 1.29 is 9.59 Å². The average Bonchev–Trinajstić information content (AvgIpc) is 2.88. The van der Waals surface area contributed by atoms with Crippen LogP contribution in [-0.4, -0.2) is 40.8 Å². The van der Waals surface area contributed by atoms with Gasteiger partial charge in [0, 0.05) is 35.8 Å². The minimum Gasteiger partial charge on any atom is -0.361 e. The molecule has 2 amide bonds. The fraction of sp³-hybridized carbons (Fsp3) is 0.286. The number of carbonyl (C=O) groups excluding carboxylic acids is 2. The third kappa shape index (κ3) is 1.97. The van der Waals surface area contributed by atoms with E-state index < -0.39 is 6.04 Å². The van der Waals surface area contributed by atoms with Crippen LogP contribution >= 0.6 is 0 Å². The fourth-order valence-corrected chi connectivity index (χ4v) is 2.41. The van der Waals surface area contributed by atoms with Crippen LogP contribution in [-0.2, 0) is 4.79 Å². The Bertz CT molecular complexity index is 647. The van der Waals surface area contributed by atoms with Crippen LogP contribution in [0.2, 0.25) is 0 Å². The van der Waals surface area contributed by atoms with Crippen molar-refractivity contribution >= 4 is 22.7 Å². The monoisotopic (exact) mass is 257 g/mol. The Morgan fingerprint density at radius 2 is 2.21 bits per heavy atom. The van der Waals surface area contributed by atoms with Crippen molar-refractivity contribution in [3.05, 3.63) is 36.0 Å². The second-order valence-corrected chi connectivity index (χ2v) is 4.75. The fourth-order valence-electron chi connectivity index (χ4n) is 2.41. The van der Waals surface area contributed by atoms with Gasteiger partial charge in [-0.1, -0.05) is 0 Å². The van der Waals surface area contributed by atoms with E-state index in [0.717, 1.165) is 10.9 Å². The number of aromatic amines is 1. The highest BCUT2D eigenvalue weighted by atomic mass is 16.2. The molecular weight excluding hydrogens is 242 g/mol. The molecule has 0 bridgehead atoms. The maximum Gasteiger partial charge on any atom is 0.254 e. The molecule has 19 heavy (non-hydrogen) atoms. The first-order valence-electron chi connectivity index (χ1n) is 6.32. The smallest absolute Gasteiger partial charge is 0.254 e. The van der Waals surface area contributed by atoms with E-state index in [1.807, 2.05) is 24.4 Å². The number of nitrogens with zero attached hydrogens (tertiary/aromatic N) is 1. The van der Waals surface area contributed by atoms with Gasteiger partial charge in [-0.25, -0.2) is 0 Å². The number of rotatable bonds is 1. The average molecular weight is 257 g/mol. The zero-order valence-corrected chi connectivity index (χ0v) is 10.6. The Morgan fingerprint density at radius 3 is 3.05 bits per heavy atom. The van der Waals surface area contributed by atoms with Gasteiger partial charge < -0.3 is 15.2 Å². The van der Waals surface area contributed by atoms with E-state index >= 15 is 0 Å². The Kier molecular flexibility index (Phi) is 2.74. The van der Waals surface area contributed by atoms with E-state index in [0.29, 0.717) is 18.7 Å². The van der Waals surface area contributed by atoms with Crippen molar-refractivity contribution in [2.24, 2.45) is 0 Å². The molecule has 1 aromatic heterocycles. The van der Waals surface area contributed by atoms with Crippen LogP contribution in [0.1, 0.15) is 17.3 Å². The summed E-state index contributed by atoms with van der Waals surface area (Å²) in [5.41, 5.74) is 1.62. The molecule has 0 radical (unpaired) electrons. The minimum absolute atomic E-state index is 0.0922. The number of fused-ring (bicyclic) bond motifs is 1. The first-order valence-corrected chi connectivity index (χ1v) is 6.32. The van der Waals surface area contributed by atoms with Gasteiger partial charge in [0.2, 0.25) is 5.91 Å². The van der Waals surface area contributed by atoms with Crippen molar-refractivity contribution in [3.63, 3.8) is 0 Å². The normalized spacial score (nSPS) is 19.5. The highest BCUT2D eigenvalue weighted by Gasteiger charge is 2.29. The molecule has 1 saturated heterocycles. The molecule has 2 aromatic rings. The number of hydrogen-bond donors (Lipinski definition) is 2. The Balaban J connectivity index is 1.92. The van der Waals surface area contributed by atoms with Crippen LogP contribution < -0.4 is 5.32 Å². The lowest BCUT2D eigenvalue weighted by molar-refractivity contribution is -0.127. The molecule has 0 spiro atoms. The number of benzene rings is 1. The van der Waals surface area contributed by atoms with Crippen LogP contribution in [0.4, 0.5) is 0 Å². The SMILES string of the molecule is CC1C(=O)NCCN1C(=O)c1ccc2[nH]ccc2c1. The molecule has 98 valence electrons. The number of piperazine rings is 1. The van der Waals surface area contributed by atoms with Crippen molar-refractivity contribution in [2.45, 2.75) is 13.0 Å². The molecule has 0 saturated carbocycles. The van der Waals surface area contributed by atoms with E-state index in [2.05, 4.69) is 10.3 Å². The lowest BCUT2D eigenvalue weighted by Gasteiger charge is -2.32. The molecule has 3 rings (SSSR count). The number of nitrogens with one attached hydrogen (secondary N) is 2. The molecule has 5 nitrogen and oxygen atoms in total. The van der Waals surface area contributed by atoms with Crippen molar-refractivity contribution in [1.29, 1.82) is 0 Å². The summed E-state index contributed by atoms with van der Waals surface area (Å²) in [7, 11) is 0. The summed E-state index contributed by atoms with van der Waals surface area (Å²) in [5.74, 6) is -0.187. The summed E-state index contributed by atoms with van der Waals surface area (Å²) >= 11 is 0. The summed E-state index contributed by atoms with van der Waals surface area (Å²) in [6.45, 7) is 2.82. The number of H-pyrrole nitrogens is 1.